The van der Waals surface area contributed by atoms with Gasteiger partial charge in [-0.25, -0.2) is 9.59 Å². The largest absolute Gasteiger partial charge is 0.491 e. The molecule has 1 heterocycles. The molecule has 0 bridgehead atoms. The number of ether oxygens (including phenoxy) is 2. The van der Waals surface area contributed by atoms with Crippen LogP contribution in [0.4, 0.5) is 0 Å². The molecule has 2 rings (SSSR count). The number of hydrogen-bond donors (Lipinski definition) is 0. The van der Waals surface area contributed by atoms with Crippen molar-refractivity contribution in [2.75, 3.05) is 6.61 Å². The number of carbonyl (C=O) groups excluding carboxylic acids is 1. The van der Waals surface area contributed by atoms with Gasteiger partial charge in [0.1, 0.15) is 16.9 Å². The van der Waals surface area contributed by atoms with E-state index in [-0.39, 0.29) is 18.3 Å². The number of fused-ring (bicyclic) bond motifs is 1. The molecule has 5 heteroatoms. The van der Waals surface area contributed by atoms with Crippen LogP contribution >= 0.6 is 0 Å². The molecule has 0 saturated heterocycles. The SMILES string of the molecule is CCOC(=O)c1cc2ccc(OC(C)C)cc2oc1=O. The maximum Gasteiger partial charge on any atom is 0.351 e. The Bertz CT molecular complexity index is 684. The third-order valence-corrected chi connectivity index (χ3v) is 2.57. The van der Waals surface area contributed by atoms with Crippen molar-refractivity contribution in [3.8, 4) is 5.75 Å². The molecule has 0 aliphatic rings. The zero-order chi connectivity index (χ0) is 14.7. The van der Waals surface area contributed by atoms with Crippen LogP contribution in [0.5, 0.6) is 5.75 Å². The summed E-state index contributed by atoms with van der Waals surface area (Å²) in [6.45, 7) is 5.70. The van der Waals surface area contributed by atoms with E-state index >= 15 is 0 Å². The van der Waals surface area contributed by atoms with Crippen LogP contribution in [-0.4, -0.2) is 18.7 Å². The highest BCUT2D eigenvalue weighted by Crippen LogP contribution is 2.21. The van der Waals surface area contributed by atoms with Gasteiger partial charge >= 0.3 is 11.6 Å². The number of benzene rings is 1. The Morgan fingerprint density at radius 3 is 2.70 bits per heavy atom. The van der Waals surface area contributed by atoms with Gasteiger partial charge < -0.3 is 13.9 Å². The van der Waals surface area contributed by atoms with E-state index in [4.69, 9.17) is 13.9 Å². The Morgan fingerprint density at radius 2 is 2.05 bits per heavy atom. The molecule has 0 radical (unpaired) electrons. The van der Waals surface area contributed by atoms with E-state index in [0.717, 1.165) is 0 Å². The van der Waals surface area contributed by atoms with Crippen molar-refractivity contribution in [1.29, 1.82) is 0 Å². The fourth-order valence-electron chi connectivity index (χ4n) is 1.79. The minimum absolute atomic E-state index is 0.0259. The van der Waals surface area contributed by atoms with Crippen LogP contribution in [0, 0.1) is 0 Å². The van der Waals surface area contributed by atoms with Gasteiger partial charge in [-0.1, -0.05) is 0 Å². The molecule has 106 valence electrons. The van der Waals surface area contributed by atoms with Crippen LogP contribution in [0.3, 0.4) is 0 Å². The van der Waals surface area contributed by atoms with Gasteiger partial charge in [0.25, 0.3) is 0 Å². The van der Waals surface area contributed by atoms with E-state index in [0.29, 0.717) is 16.7 Å². The van der Waals surface area contributed by atoms with Crippen LogP contribution in [0.2, 0.25) is 0 Å². The molecule has 0 fully saturated rings. The Labute approximate surface area is 116 Å². The molecule has 0 aliphatic carbocycles. The quantitative estimate of drug-likeness (QED) is 0.634. The minimum atomic E-state index is -0.711. The van der Waals surface area contributed by atoms with Crippen LogP contribution in [0.15, 0.2) is 33.5 Å². The summed E-state index contributed by atoms with van der Waals surface area (Å²) in [6.07, 6.45) is 0.0259. The van der Waals surface area contributed by atoms with E-state index in [1.54, 1.807) is 25.1 Å². The summed E-state index contributed by atoms with van der Waals surface area (Å²) in [5.74, 6) is -0.0646. The molecule has 0 N–H and O–H groups in total. The highest BCUT2D eigenvalue weighted by molar-refractivity contribution is 5.93. The fourth-order valence-corrected chi connectivity index (χ4v) is 1.79. The Morgan fingerprint density at radius 1 is 1.30 bits per heavy atom. The van der Waals surface area contributed by atoms with E-state index in [1.165, 1.54) is 6.07 Å². The number of rotatable bonds is 4. The van der Waals surface area contributed by atoms with Crippen LogP contribution in [-0.2, 0) is 4.74 Å². The topological polar surface area (TPSA) is 65.7 Å². The van der Waals surface area contributed by atoms with Gasteiger partial charge in [0.15, 0.2) is 0 Å². The Kier molecular flexibility index (Phi) is 4.08. The van der Waals surface area contributed by atoms with Crippen molar-refractivity contribution in [2.45, 2.75) is 26.9 Å². The molecule has 1 aromatic carbocycles. The molecule has 5 nitrogen and oxygen atoms in total. The fraction of sp³-hybridized carbons (Fsp3) is 0.333. The summed E-state index contributed by atoms with van der Waals surface area (Å²) in [7, 11) is 0. The summed E-state index contributed by atoms with van der Waals surface area (Å²) in [6, 6.07) is 6.60. The Balaban J connectivity index is 2.46. The van der Waals surface area contributed by atoms with Gasteiger partial charge in [-0.05, 0) is 39.0 Å². The number of esters is 1. The molecule has 2 aromatic rings. The summed E-state index contributed by atoms with van der Waals surface area (Å²) >= 11 is 0. The lowest BCUT2D eigenvalue weighted by atomic mass is 10.2. The van der Waals surface area contributed by atoms with E-state index in [2.05, 4.69) is 0 Å². The third kappa shape index (κ3) is 2.99. The second-order valence-corrected chi connectivity index (χ2v) is 4.53. The summed E-state index contributed by atoms with van der Waals surface area (Å²) in [5.41, 5.74) is -0.435. The molecule has 0 aliphatic heterocycles. The van der Waals surface area contributed by atoms with Crippen LogP contribution in [0.25, 0.3) is 11.0 Å². The summed E-state index contributed by atoms with van der Waals surface area (Å²) < 4.78 is 15.5. The summed E-state index contributed by atoms with van der Waals surface area (Å²) in [4.78, 5) is 23.4. The van der Waals surface area contributed by atoms with Gasteiger partial charge in [0.2, 0.25) is 0 Å². The van der Waals surface area contributed by atoms with Crippen molar-refractivity contribution in [3.05, 3.63) is 40.2 Å². The van der Waals surface area contributed by atoms with Crippen molar-refractivity contribution in [2.24, 2.45) is 0 Å². The van der Waals surface area contributed by atoms with Crippen LogP contribution < -0.4 is 10.4 Å². The highest BCUT2D eigenvalue weighted by atomic mass is 16.5. The molecule has 0 unspecified atom stereocenters. The first-order valence-corrected chi connectivity index (χ1v) is 6.43. The minimum Gasteiger partial charge on any atom is -0.491 e. The molecule has 1 aromatic heterocycles. The maximum absolute atomic E-state index is 11.8. The van der Waals surface area contributed by atoms with Crippen LogP contribution in [0.1, 0.15) is 31.1 Å². The lowest BCUT2D eigenvalue weighted by Crippen LogP contribution is -2.16. The second kappa shape index (κ2) is 5.77. The molecule has 0 saturated carbocycles. The monoisotopic (exact) mass is 276 g/mol. The van der Waals surface area contributed by atoms with Gasteiger partial charge in [0, 0.05) is 11.5 Å². The Hall–Kier alpha value is -2.30. The second-order valence-electron chi connectivity index (χ2n) is 4.53. The predicted molar refractivity (Wildman–Crippen MR) is 74.2 cm³/mol. The molecule has 0 amide bonds. The van der Waals surface area contributed by atoms with Gasteiger partial charge in [-0.3, -0.25) is 0 Å². The maximum atomic E-state index is 11.8. The highest BCUT2D eigenvalue weighted by Gasteiger charge is 2.15. The normalized spacial score (nSPS) is 10.8. The van der Waals surface area contributed by atoms with Crippen molar-refractivity contribution in [1.82, 2.24) is 0 Å². The standard InChI is InChI=1S/C15H16O5/c1-4-18-14(16)12-7-10-5-6-11(19-9(2)3)8-13(10)20-15(12)17/h5-9H,4H2,1-3H3. The summed E-state index contributed by atoms with van der Waals surface area (Å²) in [5, 5.41) is 0.642. The van der Waals surface area contributed by atoms with Crippen molar-refractivity contribution in [3.63, 3.8) is 0 Å². The van der Waals surface area contributed by atoms with E-state index < -0.39 is 11.6 Å². The first-order valence-electron chi connectivity index (χ1n) is 6.43. The average Bonchev–Trinajstić information content (AvgIpc) is 2.37. The van der Waals surface area contributed by atoms with E-state index in [1.807, 2.05) is 13.8 Å². The third-order valence-electron chi connectivity index (χ3n) is 2.57. The first kappa shape index (κ1) is 14.1. The first-order chi connectivity index (χ1) is 9.51. The number of carbonyl (C=O) groups is 1. The molecule has 0 atom stereocenters. The number of hydrogen-bond acceptors (Lipinski definition) is 5. The van der Waals surface area contributed by atoms with Crippen molar-refractivity contribution < 1.29 is 18.7 Å². The lowest BCUT2D eigenvalue weighted by molar-refractivity contribution is 0.0522. The molecule has 20 heavy (non-hydrogen) atoms. The molecular weight excluding hydrogens is 260 g/mol. The predicted octanol–water partition coefficient (Wildman–Crippen LogP) is 2.76. The van der Waals surface area contributed by atoms with Gasteiger partial charge in [-0.15, -0.1) is 0 Å². The van der Waals surface area contributed by atoms with Crippen molar-refractivity contribution >= 4 is 16.9 Å². The van der Waals surface area contributed by atoms with Gasteiger partial charge in [-0.2, -0.15) is 0 Å². The van der Waals surface area contributed by atoms with Gasteiger partial charge in [0.05, 0.1) is 12.7 Å². The van der Waals surface area contributed by atoms with E-state index in [9.17, 15) is 9.59 Å². The zero-order valence-corrected chi connectivity index (χ0v) is 11.6. The lowest BCUT2D eigenvalue weighted by Gasteiger charge is -2.10. The smallest absolute Gasteiger partial charge is 0.351 e. The molecular formula is C15H16O5. The molecule has 0 spiro atoms. The zero-order valence-electron chi connectivity index (χ0n) is 11.6. The average molecular weight is 276 g/mol.